The van der Waals surface area contributed by atoms with Crippen LogP contribution >= 0.6 is 0 Å². The summed E-state index contributed by atoms with van der Waals surface area (Å²) >= 11 is 0. The van der Waals surface area contributed by atoms with Crippen molar-refractivity contribution in [2.45, 2.75) is 6.42 Å². The van der Waals surface area contributed by atoms with Gasteiger partial charge in [0.1, 0.15) is 6.61 Å². The molecule has 0 aliphatic rings. The van der Waals surface area contributed by atoms with Crippen LogP contribution in [0.3, 0.4) is 0 Å². The highest BCUT2D eigenvalue weighted by Gasteiger charge is 1.80. The molecule has 0 saturated heterocycles. The summed E-state index contributed by atoms with van der Waals surface area (Å²) in [4.78, 5) is 0. The van der Waals surface area contributed by atoms with Crippen LogP contribution in [0.4, 0.5) is 0 Å². The van der Waals surface area contributed by atoms with Crippen LogP contribution in [0.5, 0.6) is 0 Å². The molecule has 0 aliphatic carbocycles. The minimum atomic E-state index is 0.560. The van der Waals surface area contributed by atoms with Crippen LogP contribution in [0.2, 0.25) is 0 Å². The van der Waals surface area contributed by atoms with Gasteiger partial charge in [-0.3, -0.25) is 0 Å². The van der Waals surface area contributed by atoms with Crippen molar-refractivity contribution in [2.75, 3.05) is 19.8 Å². The molecule has 0 N–H and O–H groups in total. The van der Waals surface area contributed by atoms with E-state index in [9.17, 15) is 0 Å². The third-order valence-electron chi connectivity index (χ3n) is 1.07. The molecular weight excluding hydrogens is 152 g/mol. The number of hydrogen-bond donors (Lipinski definition) is 0. The molecule has 0 radical (unpaired) electrons. The van der Waals surface area contributed by atoms with Gasteiger partial charge in [-0.2, -0.15) is 0 Å². The monoisotopic (exact) mass is 168 g/mol. The van der Waals surface area contributed by atoms with Gasteiger partial charge >= 0.3 is 0 Å². The molecule has 0 amide bonds. The molecule has 0 unspecified atom stereocenters. The normalized spacial score (nSPS) is 10.0. The molecule has 2 heteroatoms. The molecule has 0 atom stereocenters. The SMILES string of the molecule is C=CCOC=CCCOCC=C. The van der Waals surface area contributed by atoms with Crippen molar-refractivity contribution >= 4 is 0 Å². The summed E-state index contributed by atoms with van der Waals surface area (Å²) in [6.07, 6.45) is 7.90. The second-order valence-electron chi connectivity index (χ2n) is 2.15. The summed E-state index contributed by atoms with van der Waals surface area (Å²) < 4.78 is 10.2. The van der Waals surface area contributed by atoms with Gasteiger partial charge in [-0.05, 0) is 12.5 Å². The van der Waals surface area contributed by atoms with Crippen LogP contribution in [0.15, 0.2) is 37.6 Å². The zero-order chi connectivity index (χ0) is 9.07. The molecule has 68 valence electrons. The van der Waals surface area contributed by atoms with Crippen LogP contribution < -0.4 is 0 Å². The Hall–Kier alpha value is -1.02. The fraction of sp³-hybridized carbons (Fsp3) is 0.400. The second-order valence-corrected chi connectivity index (χ2v) is 2.15. The molecule has 0 aromatic rings. The van der Waals surface area contributed by atoms with Crippen molar-refractivity contribution in [1.29, 1.82) is 0 Å². The average molecular weight is 168 g/mol. The molecule has 0 aromatic carbocycles. The van der Waals surface area contributed by atoms with Gasteiger partial charge < -0.3 is 9.47 Å². The first-order chi connectivity index (χ1) is 5.91. The largest absolute Gasteiger partial charge is 0.497 e. The van der Waals surface area contributed by atoms with Crippen molar-refractivity contribution in [3.8, 4) is 0 Å². The molecule has 0 spiro atoms. The summed E-state index contributed by atoms with van der Waals surface area (Å²) in [6.45, 7) is 8.94. The number of ether oxygens (including phenoxy) is 2. The molecule has 12 heavy (non-hydrogen) atoms. The third kappa shape index (κ3) is 8.98. The molecule has 0 aromatic heterocycles. The van der Waals surface area contributed by atoms with Gasteiger partial charge in [0.05, 0.1) is 19.5 Å². The second kappa shape index (κ2) is 9.98. The predicted octanol–water partition coefficient (Wildman–Crippen LogP) is 2.30. The number of rotatable bonds is 8. The maximum absolute atomic E-state index is 5.14. The Labute approximate surface area is 74.2 Å². The van der Waals surface area contributed by atoms with Crippen LogP contribution in [-0.4, -0.2) is 19.8 Å². The number of hydrogen-bond acceptors (Lipinski definition) is 2. The molecule has 0 bridgehead atoms. The molecular formula is C10H16O2. The van der Waals surface area contributed by atoms with Gasteiger partial charge in [0.2, 0.25) is 0 Å². The van der Waals surface area contributed by atoms with E-state index in [-0.39, 0.29) is 0 Å². The first-order valence-corrected chi connectivity index (χ1v) is 3.98. The Morgan fingerprint density at radius 2 is 1.83 bits per heavy atom. The van der Waals surface area contributed by atoms with Crippen LogP contribution in [-0.2, 0) is 9.47 Å². The third-order valence-corrected chi connectivity index (χ3v) is 1.07. The summed E-state index contributed by atoms with van der Waals surface area (Å²) in [6, 6.07) is 0. The minimum absolute atomic E-state index is 0.560. The van der Waals surface area contributed by atoms with Crippen molar-refractivity contribution in [2.24, 2.45) is 0 Å². The summed E-state index contributed by atoms with van der Waals surface area (Å²) in [5.41, 5.74) is 0. The van der Waals surface area contributed by atoms with E-state index in [1.54, 1.807) is 18.4 Å². The first kappa shape index (κ1) is 11.0. The van der Waals surface area contributed by atoms with E-state index in [4.69, 9.17) is 9.47 Å². The maximum Gasteiger partial charge on any atom is 0.105 e. The standard InChI is InChI=1S/C10H16O2/c1-3-7-11-9-5-6-10-12-8-4-2/h3-5,9H,1-2,6-8,10H2. The van der Waals surface area contributed by atoms with Gasteiger partial charge in [0.25, 0.3) is 0 Å². The molecule has 0 fully saturated rings. The van der Waals surface area contributed by atoms with Crippen molar-refractivity contribution < 1.29 is 9.47 Å². The Morgan fingerprint density at radius 3 is 2.50 bits per heavy atom. The van der Waals surface area contributed by atoms with Gasteiger partial charge in [-0.25, -0.2) is 0 Å². The molecule has 0 heterocycles. The highest BCUT2D eigenvalue weighted by Crippen LogP contribution is 1.86. The zero-order valence-electron chi connectivity index (χ0n) is 7.37. The highest BCUT2D eigenvalue weighted by atomic mass is 16.5. The smallest absolute Gasteiger partial charge is 0.105 e. The van der Waals surface area contributed by atoms with Crippen molar-refractivity contribution in [3.63, 3.8) is 0 Å². The summed E-state index contributed by atoms with van der Waals surface area (Å²) in [7, 11) is 0. The van der Waals surface area contributed by atoms with E-state index in [1.165, 1.54) is 0 Å². The van der Waals surface area contributed by atoms with E-state index in [0.29, 0.717) is 19.8 Å². The van der Waals surface area contributed by atoms with E-state index < -0.39 is 0 Å². The van der Waals surface area contributed by atoms with E-state index in [2.05, 4.69) is 13.2 Å². The Balaban J connectivity index is 3.01. The molecule has 0 rings (SSSR count). The Morgan fingerprint density at radius 1 is 1.08 bits per heavy atom. The van der Waals surface area contributed by atoms with E-state index >= 15 is 0 Å². The van der Waals surface area contributed by atoms with Gasteiger partial charge in [0.15, 0.2) is 0 Å². The molecule has 0 aliphatic heterocycles. The van der Waals surface area contributed by atoms with Gasteiger partial charge in [0, 0.05) is 0 Å². The van der Waals surface area contributed by atoms with E-state index in [1.807, 2.05) is 6.08 Å². The van der Waals surface area contributed by atoms with E-state index in [0.717, 1.165) is 6.42 Å². The maximum atomic E-state index is 5.14. The molecule has 2 nitrogen and oxygen atoms in total. The average Bonchev–Trinajstić information content (AvgIpc) is 2.10. The lowest BCUT2D eigenvalue weighted by atomic mass is 10.4. The van der Waals surface area contributed by atoms with Crippen LogP contribution in [0.1, 0.15) is 6.42 Å². The van der Waals surface area contributed by atoms with Crippen LogP contribution in [0.25, 0.3) is 0 Å². The lowest BCUT2D eigenvalue weighted by Crippen LogP contribution is -1.91. The lowest BCUT2D eigenvalue weighted by molar-refractivity contribution is 0.167. The Kier molecular flexibility index (Phi) is 9.13. The zero-order valence-corrected chi connectivity index (χ0v) is 7.37. The van der Waals surface area contributed by atoms with Gasteiger partial charge in [-0.1, -0.05) is 18.7 Å². The lowest BCUT2D eigenvalue weighted by Gasteiger charge is -1.96. The fourth-order valence-electron chi connectivity index (χ4n) is 0.578. The highest BCUT2D eigenvalue weighted by molar-refractivity contribution is 4.75. The topological polar surface area (TPSA) is 18.5 Å². The summed E-state index contributed by atoms with van der Waals surface area (Å²) in [5, 5.41) is 0. The molecule has 0 saturated carbocycles. The van der Waals surface area contributed by atoms with Crippen molar-refractivity contribution in [3.05, 3.63) is 37.6 Å². The quantitative estimate of drug-likeness (QED) is 0.314. The fourth-order valence-corrected chi connectivity index (χ4v) is 0.578. The van der Waals surface area contributed by atoms with Crippen LogP contribution in [0, 0.1) is 0 Å². The predicted molar refractivity (Wildman–Crippen MR) is 50.9 cm³/mol. The minimum Gasteiger partial charge on any atom is -0.497 e. The van der Waals surface area contributed by atoms with Crippen molar-refractivity contribution in [1.82, 2.24) is 0 Å². The summed E-state index contributed by atoms with van der Waals surface area (Å²) in [5.74, 6) is 0. The Bertz CT molecular complexity index is 139. The first-order valence-electron chi connectivity index (χ1n) is 3.98. The van der Waals surface area contributed by atoms with Gasteiger partial charge in [-0.15, -0.1) is 6.58 Å².